The van der Waals surface area contributed by atoms with Crippen molar-refractivity contribution >= 4 is 17.5 Å². The zero-order valence-corrected chi connectivity index (χ0v) is 14.7. The topological polar surface area (TPSA) is 58.6 Å². The Morgan fingerprint density at radius 3 is 2.28 bits per heavy atom. The van der Waals surface area contributed by atoms with E-state index in [0.717, 1.165) is 12.2 Å². The summed E-state index contributed by atoms with van der Waals surface area (Å²) < 4.78 is 5.09. The highest BCUT2D eigenvalue weighted by atomic mass is 16.5. The summed E-state index contributed by atoms with van der Waals surface area (Å²) in [6.45, 7) is 2.55. The highest BCUT2D eigenvalue weighted by Gasteiger charge is 2.11. The minimum atomic E-state index is -0.115. The molecule has 0 aliphatic carbocycles. The lowest BCUT2D eigenvalue weighted by molar-refractivity contribution is -0.129. The SMILES string of the molecule is COc1ccc(NC(=O)CCN(CCc2ccccc2)C(C)=O)cc1. The third-order valence-corrected chi connectivity index (χ3v) is 3.94. The molecule has 25 heavy (non-hydrogen) atoms. The Morgan fingerprint density at radius 2 is 1.68 bits per heavy atom. The molecule has 2 aromatic carbocycles. The number of hydrogen-bond acceptors (Lipinski definition) is 3. The number of nitrogens with zero attached hydrogens (tertiary/aromatic N) is 1. The van der Waals surface area contributed by atoms with Crippen LogP contribution in [0.1, 0.15) is 18.9 Å². The molecule has 132 valence electrons. The molecule has 0 aliphatic heterocycles. The molecule has 0 unspecified atom stereocenters. The summed E-state index contributed by atoms with van der Waals surface area (Å²) >= 11 is 0. The Bertz CT molecular complexity index is 684. The first-order valence-electron chi connectivity index (χ1n) is 8.32. The molecule has 5 nitrogen and oxygen atoms in total. The van der Waals surface area contributed by atoms with E-state index < -0.39 is 0 Å². The maximum atomic E-state index is 12.1. The molecule has 2 rings (SSSR count). The van der Waals surface area contributed by atoms with Gasteiger partial charge in [0.15, 0.2) is 0 Å². The summed E-state index contributed by atoms with van der Waals surface area (Å²) in [5.41, 5.74) is 1.89. The second-order valence-corrected chi connectivity index (χ2v) is 5.77. The highest BCUT2D eigenvalue weighted by Crippen LogP contribution is 2.15. The van der Waals surface area contributed by atoms with Crippen LogP contribution in [0.25, 0.3) is 0 Å². The molecule has 2 amide bonds. The molecule has 0 aromatic heterocycles. The molecule has 0 spiro atoms. The number of carbonyl (C=O) groups is 2. The molecule has 0 aliphatic rings. The number of amides is 2. The van der Waals surface area contributed by atoms with Crippen LogP contribution in [0, 0.1) is 0 Å². The maximum Gasteiger partial charge on any atom is 0.226 e. The molecule has 0 fully saturated rings. The van der Waals surface area contributed by atoms with Gasteiger partial charge in [-0.3, -0.25) is 9.59 Å². The van der Waals surface area contributed by atoms with E-state index in [9.17, 15) is 9.59 Å². The monoisotopic (exact) mass is 340 g/mol. The van der Waals surface area contributed by atoms with Gasteiger partial charge in [-0.1, -0.05) is 30.3 Å². The van der Waals surface area contributed by atoms with Crippen LogP contribution in [0.4, 0.5) is 5.69 Å². The van der Waals surface area contributed by atoms with Crippen LogP contribution in [-0.4, -0.2) is 36.9 Å². The smallest absolute Gasteiger partial charge is 0.226 e. The van der Waals surface area contributed by atoms with E-state index in [-0.39, 0.29) is 18.2 Å². The third-order valence-electron chi connectivity index (χ3n) is 3.94. The van der Waals surface area contributed by atoms with Gasteiger partial charge in [0.2, 0.25) is 11.8 Å². The summed E-state index contributed by atoms with van der Waals surface area (Å²) in [6, 6.07) is 17.2. The fourth-order valence-electron chi connectivity index (χ4n) is 2.47. The van der Waals surface area contributed by atoms with E-state index in [1.54, 1.807) is 36.3 Å². The Morgan fingerprint density at radius 1 is 1.00 bits per heavy atom. The molecule has 5 heteroatoms. The van der Waals surface area contributed by atoms with Gasteiger partial charge in [-0.05, 0) is 36.2 Å². The predicted molar refractivity (Wildman–Crippen MR) is 98.6 cm³/mol. The van der Waals surface area contributed by atoms with Gasteiger partial charge < -0.3 is 15.0 Å². The van der Waals surface area contributed by atoms with Gasteiger partial charge >= 0.3 is 0 Å². The van der Waals surface area contributed by atoms with Crippen LogP contribution in [0.3, 0.4) is 0 Å². The lowest BCUT2D eigenvalue weighted by atomic mass is 10.1. The molecule has 0 bridgehead atoms. The van der Waals surface area contributed by atoms with Crippen molar-refractivity contribution in [3.05, 3.63) is 60.2 Å². The van der Waals surface area contributed by atoms with Gasteiger partial charge in [0.25, 0.3) is 0 Å². The molecule has 0 saturated carbocycles. The third kappa shape index (κ3) is 6.30. The highest BCUT2D eigenvalue weighted by molar-refractivity contribution is 5.91. The van der Waals surface area contributed by atoms with Gasteiger partial charge in [0, 0.05) is 32.1 Å². The Labute approximate surface area is 148 Å². The van der Waals surface area contributed by atoms with Crippen LogP contribution in [0.2, 0.25) is 0 Å². The molecule has 1 N–H and O–H groups in total. The first-order valence-corrected chi connectivity index (χ1v) is 8.32. The zero-order chi connectivity index (χ0) is 18.1. The van der Waals surface area contributed by atoms with E-state index >= 15 is 0 Å². The number of rotatable bonds is 8. The number of nitrogens with one attached hydrogen (secondary N) is 1. The van der Waals surface area contributed by atoms with E-state index in [0.29, 0.717) is 18.8 Å². The number of hydrogen-bond donors (Lipinski definition) is 1. The van der Waals surface area contributed by atoms with E-state index in [1.807, 2.05) is 30.3 Å². The average Bonchev–Trinajstić information content (AvgIpc) is 2.63. The Hall–Kier alpha value is -2.82. The van der Waals surface area contributed by atoms with Crippen LogP contribution in [0.15, 0.2) is 54.6 Å². The van der Waals surface area contributed by atoms with Crippen molar-refractivity contribution < 1.29 is 14.3 Å². The summed E-state index contributed by atoms with van der Waals surface area (Å²) in [5.74, 6) is 0.603. The number of anilines is 1. The van der Waals surface area contributed by atoms with Crippen LogP contribution < -0.4 is 10.1 Å². The van der Waals surface area contributed by atoms with Crippen molar-refractivity contribution in [3.8, 4) is 5.75 Å². The molecular formula is C20H24N2O3. The summed E-state index contributed by atoms with van der Waals surface area (Å²) in [7, 11) is 1.60. The van der Waals surface area contributed by atoms with Gasteiger partial charge in [0.1, 0.15) is 5.75 Å². The second kappa shape index (κ2) is 9.47. The molecule has 0 atom stereocenters. The lowest BCUT2D eigenvalue weighted by Crippen LogP contribution is -2.33. The van der Waals surface area contributed by atoms with E-state index in [1.165, 1.54) is 12.5 Å². The number of ether oxygens (including phenoxy) is 1. The first kappa shape index (κ1) is 18.5. The van der Waals surface area contributed by atoms with Crippen molar-refractivity contribution in [1.82, 2.24) is 4.90 Å². The normalized spacial score (nSPS) is 10.2. The average molecular weight is 340 g/mol. The Kier molecular flexibility index (Phi) is 7.01. The van der Waals surface area contributed by atoms with Gasteiger partial charge in [-0.25, -0.2) is 0 Å². The van der Waals surface area contributed by atoms with Crippen molar-refractivity contribution in [2.45, 2.75) is 19.8 Å². The second-order valence-electron chi connectivity index (χ2n) is 5.77. The van der Waals surface area contributed by atoms with Crippen LogP contribution >= 0.6 is 0 Å². The van der Waals surface area contributed by atoms with E-state index in [4.69, 9.17) is 4.74 Å². The molecule has 2 aromatic rings. The predicted octanol–water partition coefficient (Wildman–Crippen LogP) is 3.12. The fraction of sp³-hybridized carbons (Fsp3) is 0.300. The quantitative estimate of drug-likeness (QED) is 0.803. The standard InChI is InChI=1S/C20H24N2O3/c1-16(23)22(14-12-17-6-4-3-5-7-17)15-13-20(24)21-18-8-10-19(25-2)11-9-18/h3-11H,12-15H2,1-2H3,(H,21,24). The molecule has 0 saturated heterocycles. The fourth-order valence-corrected chi connectivity index (χ4v) is 2.47. The Balaban J connectivity index is 1.81. The van der Waals surface area contributed by atoms with Gasteiger partial charge in [-0.2, -0.15) is 0 Å². The van der Waals surface area contributed by atoms with Crippen molar-refractivity contribution in [1.29, 1.82) is 0 Å². The summed E-state index contributed by atoms with van der Waals surface area (Å²) in [5, 5.41) is 2.83. The lowest BCUT2D eigenvalue weighted by Gasteiger charge is -2.21. The molecule has 0 radical (unpaired) electrons. The molecular weight excluding hydrogens is 316 g/mol. The van der Waals surface area contributed by atoms with Crippen molar-refractivity contribution in [2.75, 3.05) is 25.5 Å². The first-order chi connectivity index (χ1) is 12.1. The number of carbonyl (C=O) groups excluding carboxylic acids is 2. The zero-order valence-electron chi connectivity index (χ0n) is 14.7. The molecule has 0 heterocycles. The number of methoxy groups -OCH3 is 1. The summed E-state index contributed by atoms with van der Waals surface area (Å²) in [6.07, 6.45) is 1.04. The van der Waals surface area contributed by atoms with Gasteiger partial charge in [-0.15, -0.1) is 0 Å². The van der Waals surface area contributed by atoms with Crippen molar-refractivity contribution in [3.63, 3.8) is 0 Å². The maximum absolute atomic E-state index is 12.1. The van der Waals surface area contributed by atoms with Crippen molar-refractivity contribution in [2.24, 2.45) is 0 Å². The van der Waals surface area contributed by atoms with E-state index in [2.05, 4.69) is 5.32 Å². The number of benzene rings is 2. The van der Waals surface area contributed by atoms with Crippen LogP contribution in [-0.2, 0) is 16.0 Å². The largest absolute Gasteiger partial charge is 0.497 e. The minimum absolute atomic E-state index is 0.0202. The van der Waals surface area contributed by atoms with Crippen LogP contribution in [0.5, 0.6) is 5.75 Å². The minimum Gasteiger partial charge on any atom is -0.497 e. The summed E-state index contributed by atoms with van der Waals surface area (Å²) in [4.78, 5) is 25.6. The van der Waals surface area contributed by atoms with Gasteiger partial charge in [0.05, 0.1) is 7.11 Å².